The van der Waals surface area contributed by atoms with Crippen molar-refractivity contribution in [3.8, 4) is 0 Å². The molecule has 1 aliphatic heterocycles. The van der Waals surface area contributed by atoms with Crippen molar-refractivity contribution in [1.29, 1.82) is 0 Å². The Bertz CT molecular complexity index is 315. The standard InChI is InChI=1S/C12H18N2O/c1-15-12(7-8-14(13)10-12)9-11-5-3-2-4-6-11/h2-6H,7-10,13H2,1H3. The molecule has 1 saturated heterocycles. The summed E-state index contributed by atoms with van der Waals surface area (Å²) < 4.78 is 5.65. The van der Waals surface area contributed by atoms with Gasteiger partial charge in [-0.05, 0) is 12.0 Å². The van der Waals surface area contributed by atoms with Crippen LogP contribution < -0.4 is 5.84 Å². The molecule has 1 fully saturated rings. The van der Waals surface area contributed by atoms with Crippen LogP contribution in [0.15, 0.2) is 30.3 Å². The summed E-state index contributed by atoms with van der Waals surface area (Å²) in [6.07, 6.45) is 1.95. The number of methoxy groups -OCH3 is 1. The van der Waals surface area contributed by atoms with Gasteiger partial charge < -0.3 is 4.74 Å². The molecule has 1 unspecified atom stereocenters. The number of rotatable bonds is 3. The van der Waals surface area contributed by atoms with Gasteiger partial charge in [0.25, 0.3) is 0 Å². The minimum Gasteiger partial charge on any atom is -0.376 e. The van der Waals surface area contributed by atoms with E-state index in [0.29, 0.717) is 0 Å². The summed E-state index contributed by atoms with van der Waals surface area (Å²) in [4.78, 5) is 0. The van der Waals surface area contributed by atoms with Crippen LogP contribution in [0.5, 0.6) is 0 Å². The summed E-state index contributed by atoms with van der Waals surface area (Å²) in [5, 5.41) is 1.84. The molecule has 0 radical (unpaired) electrons. The van der Waals surface area contributed by atoms with E-state index in [2.05, 4.69) is 24.3 Å². The molecule has 1 aromatic carbocycles. The zero-order chi connectivity index (χ0) is 10.7. The van der Waals surface area contributed by atoms with Crippen molar-refractivity contribution in [3.05, 3.63) is 35.9 Å². The van der Waals surface area contributed by atoms with Crippen LogP contribution in [0, 0.1) is 0 Å². The lowest BCUT2D eigenvalue weighted by atomic mass is 9.93. The van der Waals surface area contributed by atoms with E-state index < -0.39 is 0 Å². The predicted molar refractivity (Wildman–Crippen MR) is 60.3 cm³/mol. The Hall–Kier alpha value is -0.900. The van der Waals surface area contributed by atoms with Gasteiger partial charge in [-0.3, -0.25) is 5.84 Å². The second kappa shape index (κ2) is 4.31. The molecule has 1 aromatic rings. The quantitative estimate of drug-likeness (QED) is 0.755. The van der Waals surface area contributed by atoms with E-state index in [0.717, 1.165) is 25.9 Å². The van der Waals surface area contributed by atoms with E-state index in [9.17, 15) is 0 Å². The summed E-state index contributed by atoms with van der Waals surface area (Å²) in [5.41, 5.74) is 1.23. The first-order chi connectivity index (χ1) is 7.24. The van der Waals surface area contributed by atoms with Crippen molar-refractivity contribution < 1.29 is 4.74 Å². The fourth-order valence-electron chi connectivity index (χ4n) is 2.23. The van der Waals surface area contributed by atoms with Gasteiger partial charge in [0.15, 0.2) is 0 Å². The van der Waals surface area contributed by atoms with Gasteiger partial charge in [0.05, 0.1) is 5.60 Å². The van der Waals surface area contributed by atoms with Crippen LogP contribution in [-0.2, 0) is 11.2 Å². The number of hydrogen-bond acceptors (Lipinski definition) is 3. The molecular weight excluding hydrogens is 188 g/mol. The van der Waals surface area contributed by atoms with Gasteiger partial charge in [-0.25, -0.2) is 5.01 Å². The minimum absolute atomic E-state index is 0.0872. The number of nitrogens with two attached hydrogens (primary N) is 1. The number of benzene rings is 1. The lowest BCUT2D eigenvalue weighted by molar-refractivity contribution is -0.00112. The van der Waals surface area contributed by atoms with Gasteiger partial charge in [-0.2, -0.15) is 0 Å². The topological polar surface area (TPSA) is 38.5 Å². The molecule has 1 aliphatic rings. The lowest BCUT2D eigenvalue weighted by Gasteiger charge is -2.27. The Morgan fingerprint density at radius 2 is 2.13 bits per heavy atom. The molecule has 3 heteroatoms. The fourth-order valence-corrected chi connectivity index (χ4v) is 2.23. The van der Waals surface area contributed by atoms with E-state index >= 15 is 0 Å². The maximum absolute atomic E-state index is 5.79. The smallest absolute Gasteiger partial charge is 0.0871 e. The molecule has 0 bridgehead atoms. The maximum atomic E-state index is 5.79. The molecule has 0 amide bonds. The van der Waals surface area contributed by atoms with Crippen molar-refractivity contribution in [2.75, 3.05) is 20.2 Å². The van der Waals surface area contributed by atoms with Gasteiger partial charge >= 0.3 is 0 Å². The predicted octanol–water partition coefficient (Wildman–Crippen LogP) is 1.19. The van der Waals surface area contributed by atoms with Gasteiger partial charge in [-0.15, -0.1) is 0 Å². The van der Waals surface area contributed by atoms with Crippen molar-refractivity contribution >= 4 is 0 Å². The molecule has 2 N–H and O–H groups in total. The Balaban J connectivity index is 2.09. The van der Waals surface area contributed by atoms with Crippen LogP contribution in [0.2, 0.25) is 0 Å². The Morgan fingerprint density at radius 1 is 1.40 bits per heavy atom. The molecule has 0 aromatic heterocycles. The molecular formula is C12H18N2O. The monoisotopic (exact) mass is 206 g/mol. The van der Waals surface area contributed by atoms with Crippen LogP contribution in [0.1, 0.15) is 12.0 Å². The average molecular weight is 206 g/mol. The molecule has 15 heavy (non-hydrogen) atoms. The van der Waals surface area contributed by atoms with E-state index in [4.69, 9.17) is 10.6 Å². The normalized spacial score (nSPS) is 27.1. The first kappa shape index (κ1) is 10.6. The molecule has 1 heterocycles. The van der Waals surface area contributed by atoms with Gasteiger partial charge in [0.1, 0.15) is 0 Å². The fraction of sp³-hybridized carbons (Fsp3) is 0.500. The van der Waals surface area contributed by atoms with Crippen molar-refractivity contribution in [2.24, 2.45) is 5.84 Å². The zero-order valence-corrected chi connectivity index (χ0v) is 9.15. The van der Waals surface area contributed by atoms with Crippen LogP contribution in [0.25, 0.3) is 0 Å². The summed E-state index contributed by atoms with van der Waals surface area (Å²) in [7, 11) is 1.78. The largest absolute Gasteiger partial charge is 0.376 e. The molecule has 0 saturated carbocycles. The van der Waals surface area contributed by atoms with Gasteiger partial charge in [0.2, 0.25) is 0 Å². The highest BCUT2D eigenvalue weighted by molar-refractivity contribution is 5.18. The first-order valence-electron chi connectivity index (χ1n) is 5.33. The second-order valence-corrected chi connectivity index (χ2v) is 4.27. The highest BCUT2D eigenvalue weighted by atomic mass is 16.5. The van der Waals surface area contributed by atoms with Crippen molar-refractivity contribution in [3.63, 3.8) is 0 Å². The zero-order valence-electron chi connectivity index (χ0n) is 9.15. The van der Waals surface area contributed by atoms with Crippen LogP contribution in [0.4, 0.5) is 0 Å². The lowest BCUT2D eigenvalue weighted by Crippen LogP contribution is -2.39. The minimum atomic E-state index is -0.0872. The van der Waals surface area contributed by atoms with Gasteiger partial charge in [0, 0.05) is 26.6 Å². The molecule has 1 atom stereocenters. The third kappa shape index (κ3) is 2.37. The number of nitrogens with zero attached hydrogens (tertiary/aromatic N) is 1. The molecule has 82 valence electrons. The van der Waals surface area contributed by atoms with E-state index in [1.807, 2.05) is 11.1 Å². The molecule has 3 nitrogen and oxygen atoms in total. The number of hydrogen-bond donors (Lipinski definition) is 1. The molecule has 2 rings (SSSR count). The van der Waals surface area contributed by atoms with Crippen molar-refractivity contribution in [2.45, 2.75) is 18.4 Å². The maximum Gasteiger partial charge on any atom is 0.0871 e. The summed E-state index contributed by atoms with van der Waals surface area (Å²) in [5.74, 6) is 5.79. The Labute approximate surface area is 90.8 Å². The summed E-state index contributed by atoms with van der Waals surface area (Å²) in [6.45, 7) is 1.74. The summed E-state index contributed by atoms with van der Waals surface area (Å²) in [6, 6.07) is 10.4. The Kier molecular flexibility index (Phi) is 3.05. The summed E-state index contributed by atoms with van der Waals surface area (Å²) >= 11 is 0. The third-order valence-corrected chi connectivity index (χ3v) is 3.15. The average Bonchev–Trinajstić information content (AvgIpc) is 2.62. The van der Waals surface area contributed by atoms with Crippen LogP contribution in [-0.4, -0.2) is 30.8 Å². The molecule has 0 aliphatic carbocycles. The second-order valence-electron chi connectivity index (χ2n) is 4.27. The SMILES string of the molecule is COC1(Cc2ccccc2)CCN(N)C1. The Morgan fingerprint density at radius 3 is 2.67 bits per heavy atom. The van der Waals surface area contributed by atoms with E-state index in [-0.39, 0.29) is 5.60 Å². The van der Waals surface area contributed by atoms with Crippen LogP contribution in [0.3, 0.4) is 0 Å². The van der Waals surface area contributed by atoms with E-state index in [1.165, 1.54) is 5.56 Å². The molecule has 0 spiro atoms. The highest BCUT2D eigenvalue weighted by Gasteiger charge is 2.37. The van der Waals surface area contributed by atoms with E-state index in [1.54, 1.807) is 7.11 Å². The van der Waals surface area contributed by atoms with Crippen LogP contribution >= 0.6 is 0 Å². The van der Waals surface area contributed by atoms with Crippen molar-refractivity contribution in [1.82, 2.24) is 5.01 Å². The number of ether oxygens (including phenoxy) is 1. The van der Waals surface area contributed by atoms with Gasteiger partial charge in [-0.1, -0.05) is 30.3 Å². The number of hydrazine groups is 1. The first-order valence-corrected chi connectivity index (χ1v) is 5.33. The third-order valence-electron chi connectivity index (χ3n) is 3.15. The highest BCUT2D eigenvalue weighted by Crippen LogP contribution is 2.27.